The summed E-state index contributed by atoms with van der Waals surface area (Å²) in [4.78, 5) is 14.2. The van der Waals surface area contributed by atoms with Crippen LogP contribution in [0.2, 0.25) is 0 Å². The molecule has 2 heterocycles. The van der Waals surface area contributed by atoms with Crippen LogP contribution < -0.4 is 15.4 Å². The van der Waals surface area contributed by atoms with E-state index < -0.39 is 36.4 Å². The van der Waals surface area contributed by atoms with Gasteiger partial charge in [0.1, 0.15) is 11.9 Å². The lowest BCUT2D eigenvalue weighted by Gasteiger charge is -2.50. The molecule has 178 valence electrons. The van der Waals surface area contributed by atoms with Gasteiger partial charge >= 0.3 is 6.16 Å². The number of carbonyl (C=O) groups is 1. The number of para-hydroxylation sites is 1. The zero-order valence-corrected chi connectivity index (χ0v) is 19.2. The Bertz CT molecular complexity index is 1010. The molecule has 0 bridgehead atoms. The second-order valence-electron chi connectivity index (χ2n) is 8.27. The van der Waals surface area contributed by atoms with E-state index >= 15 is 0 Å². The van der Waals surface area contributed by atoms with Crippen molar-refractivity contribution in [3.63, 3.8) is 0 Å². The van der Waals surface area contributed by atoms with Gasteiger partial charge in [0.2, 0.25) is 0 Å². The van der Waals surface area contributed by atoms with Crippen LogP contribution >= 0.6 is 0 Å². The van der Waals surface area contributed by atoms with Gasteiger partial charge in [-0.3, -0.25) is 0 Å². The highest BCUT2D eigenvalue weighted by molar-refractivity contribution is 5.66. The van der Waals surface area contributed by atoms with Gasteiger partial charge in [0, 0.05) is 37.6 Å². The summed E-state index contributed by atoms with van der Waals surface area (Å²) >= 11 is 0. The summed E-state index contributed by atoms with van der Waals surface area (Å²) < 4.78 is 28.0. The van der Waals surface area contributed by atoms with Crippen LogP contribution in [0.3, 0.4) is 0 Å². The van der Waals surface area contributed by atoms with Gasteiger partial charge in [0.25, 0.3) is 0 Å². The summed E-state index contributed by atoms with van der Waals surface area (Å²) in [5.41, 5.74) is 7.83. The summed E-state index contributed by atoms with van der Waals surface area (Å²) in [6.45, 7) is 3.63. The molecule has 9 heteroatoms. The van der Waals surface area contributed by atoms with Crippen molar-refractivity contribution < 1.29 is 33.6 Å². The first-order chi connectivity index (χ1) is 15.8. The Morgan fingerprint density at radius 2 is 2.00 bits per heavy atom. The number of carbonyl (C=O) groups excluding carboxylic acids is 1. The fourth-order valence-corrected chi connectivity index (χ4v) is 4.79. The van der Waals surface area contributed by atoms with Gasteiger partial charge in [-0.1, -0.05) is 18.2 Å². The van der Waals surface area contributed by atoms with E-state index in [9.17, 15) is 9.90 Å². The standard InChI is InChI=1S/C24H30N2O7/c1-5-31-23(28)32-19-12-14-8-6-7-9-17(14)26(19)20-16-13-15(25)10-11-18(16)33-24(2,21(20)27)22(29-3)30-4/h6-11,13,19-22,27H,5,12,25H2,1-4H3/t19-,20-,21+,24+/m1/s1. The van der Waals surface area contributed by atoms with Crippen molar-refractivity contribution in [2.75, 3.05) is 31.5 Å². The van der Waals surface area contributed by atoms with Crippen LogP contribution in [0.25, 0.3) is 0 Å². The number of benzene rings is 2. The molecule has 4 rings (SSSR count). The van der Waals surface area contributed by atoms with Crippen molar-refractivity contribution in [3.05, 3.63) is 53.6 Å². The minimum atomic E-state index is -1.27. The lowest BCUT2D eigenvalue weighted by atomic mass is 9.83. The zero-order valence-electron chi connectivity index (χ0n) is 19.2. The summed E-state index contributed by atoms with van der Waals surface area (Å²) in [5, 5.41) is 11.8. The maximum Gasteiger partial charge on any atom is 0.510 e. The fourth-order valence-electron chi connectivity index (χ4n) is 4.79. The predicted octanol–water partition coefficient (Wildman–Crippen LogP) is 3.00. The Hall–Kier alpha value is -3.01. The molecule has 0 aliphatic carbocycles. The highest BCUT2D eigenvalue weighted by Crippen LogP contribution is 2.50. The fraction of sp³-hybridized carbons (Fsp3) is 0.458. The van der Waals surface area contributed by atoms with Crippen molar-refractivity contribution in [2.24, 2.45) is 0 Å². The second-order valence-corrected chi connectivity index (χ2v) is 8.27. The zero-order chi connectivity index (χ0) is 23.8. The molecule has 3 N–H and O–H groups in total. The lowest BCUT2D eigenvalue weighted by molar-refractivity contribution is -0.238. The molecular weight excluding hydrogens is 428 g/mol. The van der Waals surface area contributed by atoms with E-state index in [0.717, 1.165) is 11.3 Å². The number of hydrogen-bond donors (Lipinski definition) is 2. The molecule has 0 spiro atoms. The quantitative estimate of drug-likeness (QED) is 0.383. The topological polar surface area (TPSA) is 113 Å². The van der Waals surface area contributed by atoms with Crippen molar-refractivity contribution in [1.82, 2.24) is 0 Å². The first-order valence-electron chi connectivity index (χ1n) is 10.9. The average Bonchev–Trinajstić information content (AvgIpc) is 3.13. The second kappa shape index (κ2) is 9.09. The van der Waals surface area contributed by atoms with Crippen LogP contribution in [-0.4, -0.2) is 56.3 Å². The van der Waals surface area contributed by atoms with Crippen LogP contribution in [-0.2, 0) is 25.4 Å². The van der Waals surface area contributed by atoms with Gasteiger partial charge in [0.05, 0.1) is 12.6 Å². The molecule has 2 aromatic carbocycles. The van der Waals surface area contributed by atoms with E-state index in [1.54, 1.807) is 32.0 Å². The number of rotatable bonds is 6. The highest BCUT2D eigenvalue weighted by atomic mass is 16.7. The summed E-state index contributed by atoms with van der Waals surface area (Å²) in [5.74, 6) is 0.528. The molecule has 0 fully saturated rings. The van der Waals surface area contributed by atoms with Crippen molar-refractivity contribution in [1.29, 1.82) is 0 Å². The number of ether oxygens (including phenoxy) is 5. The first kappa shape index (κ1) is 23.2. The Morgan fingerprint density at radius 3 is 2.70 bits per heavy atom. The molecule has 0 aromatic heterocycles. The molecule has 4 atom stereocenters. The molecule has 2 aliphatic heterocycles. The lowest BCUT2D eigenvalue weighted by Crippen LogP contribution is -2.63. The van der Waals surface area contributed by atoms with Gasteiger partial charge in [0.15, 0.2) is 18.1 Å². The first-order valence-corrected chi connectivity index (χ1v) is 10.9. The number of aliphatic hydroxyl groups excluding tert-OH is 1. The Kier molecular flexibility index (Phi) is 6.38. The van der Waals surface area contributed by atoms with Crippen molar-refractivity contribution in [2.45, 2.75) is 50.5 Å². The molecular formula is C24H30N2O7. The highest BCUT2D eigenvalue weighted by Gasteiger charge is 2.56. The number of methoxy groups -OCH3 is 2. The largest absolute Gasteiger partial charge is 0.510 e. The van der Waals surface area contributed by atoms with Gasteiger partial charge in [-0.05, 0) is 43.7 Å². The number of nitrogens with two attached hydrogens (primary N) is 1. The predicted molar refractivity (Wildman–Crippen MR) is 121 cm³/mol. The number of anilines is 2. The molecule has 9 nitrogen and oxygen atoms in total. The Balaban J connectivity index is 1.85. The monoisotopic (exact) mass is 458 g/mol. The van der Waals surface area contributed by atoms with Gasteiger partial charge < -0.3 is 39.4 Å². The number of fused-ring (bicyclic) bond motifs is 2. The third kappa shape index (κ3) is 3.96. The molecule has 0 unspecified atom stereocenters. The van der Waals surface area contributed by atoms with Crippen molar-refractivity contribution in [3.8, 4) is 5.75 Å². The van der Waals surface area contributed by atoms with Gasteiger partial charge in [-0.25, -0.2) is 4.79 Å². The summed E-state index contributed by atoms with van der Waals surface area (Å²) in [6, 6.07) is 12.3. The number of hydrogen-bond acceptors (Lipinski definition) is 9. The molecule has 0 amide bonds. The van der Waals surface area contributed by atoms with Gasteiger partial charge in [-0.15, -0.1) is 0 Å². The maximum atomic E-state index is 12.3. The minimum Gasteiger partial charge on any atom is -0.479 e. The summed E-state index contributed by atoms with van der Waals surface area (Å²) in [7, 11) is 2.97. The van der Waals surface area contributed by atoms with E-state index in [0.29, 0.717) is 23.4 Å². The van der Waals surface area contributed by atoms with Gasteiger partial charge in [-0.2, -0.15) is 0 Å². The van der Waals surface area contributed by atoms with Crippen LogP contribution in [0.4, 0.5) is 16.2 Å². The number of nitrogens with zero attached hydrogens (tertiary/aromatic N) is 1. The van der Waals surface area contributed by atoms with Crippen LogP contribution in [0.15, 0.2) is 42.5 Å². The van der Waals surface area contributed by atoms with E-state index in [-0.39, 0.29) is 6.61 Å². The Morgan fingerprint density at radius 1 is 1.27 bits per heavy atom. The van der Waals surface area contributed by atoms with Crippen LogP contribution in [0.1, 0.15) is 31.0 Å². The third-order valence-electron chi connectivity index (χ3n) is 6.23. The maximum absolute atomic E-state index is 12.3. The smallest absolute Gasteiger partial charge is 0.479 e. The number of aliphatic hydroxyl groups is 1. The van der Waals surface area contributed by atoms with E-state index in [1.165, 1.54) is 14.2 Å². The van der Waals surface area contributed by atoms with E-state index in [2.05, 4.69) is 0 Å². The molecule has 0 saturated carbocycles. The van der Waals surface area contributed by atoms with Crippen molar-refractivity contribution >= 4 is 17.5 Å². The molecule has 2 aliphatic rings. The normalized spacial score (nSPS) is 25.9. The van der Waals surface area contributed by atoms with Crippen LogP contribution in [0.5, 0.6) is 5.75 Å². The third-order valence-corrected chi connectivity index (χ3v) is 6.23. The average molecular weight is 459 g/mol. The molecule has 0 radical (unpaired) electrons. The van der Waals surface area contributed by atoms with E-state index in [1.807, 2.05) is 29.2 Å². The number of nitrogen functional groups attached to an aromatic ring is 1. The van der Waals surface area contributed by atoms with Crippen LogP contribution in [0, 0.1) is 0 Å². The van der Waals surface area contributed by atoms with E-state index in [4.69, 9.17) is 29.4 Å². The molecule has 0 saturated heterocycles. The molecule has 2 aromatic rings. The SMILES string of the molecule is CCOC(=O)O[C@@H]1Cc2ccccc2N1[C@@H]1c2cc(N)ccc2O[C@](C)(C(OC)OC)[C@H]1O. The Labute approximate surface area is 192 Å². The summed E-state index contributed by atoms with van der Waals surface area (Å²) in [6.07, 6.45) is -3.06. The molecule has 33 heavy (non-hydrogen) atoms. The minimum absolute atomic E-state index is 0.194.